The van der Waals surface area contributed by atoms with E-state index < -0.39 is 37.0 Å². The van der Waals surface area contributed by atoms with Gasteiger partial charge in [0.25, 0.3) is 0 Å². The first kappa shape index (κ1) is 32.9. The number of aliphatic hydroxyl groups excluding tert-OH is 1. The fourth-order valence-electron chi connectivity index (χ4n) is 5.45. The summed E-state index contributed by atoms with van der Waals surface area (Å²) in [7, 11) is -1.39. The molecule has 1 saturated heterocycles. The van der Waals surface area contributed by atoms with Crippen LogP contribution in [0, 0.1) is 17.0 Å². The number of hydrogen-bond donors (Lipinski definition) is 1. The van der Waals surface area contributed by atoms with Crippen LogP contribution in [0.25, 0.3) is 11.0 Å². The van der Waals surface area contributed by atoms with E-state index in [1.54, 1.807) is 0 Å². The second kappa shape index (κ2) is 12.4. The molecule has 6 nitrogen and oxygen atoms in total. The van der Waals surface area contributed by atoms with Crippen molar-refractivity contribution in [3.63, 3.8) is 0 Å². The first-order valence-electron chi connectivity index (χ1n) is 14.7. The molecule has 1 aliphatic heterocycles. The van der Waals surface area contributed by atoms with E-state index in [1.807, 2.05) is 0 Å². The number of fused-ring (bicyclic) bond motifs is 1. The van der Waals surface area contributed by atoms with E-state index in [0.29, 0.717) is 43.1 Å². The summed E-state index contributed by atoms with van der Waals surface area (Å²) in [5.74, 6) is -2.85. The topological polar surface area (TPSA) is 65.7 Å². The number of hydrogen-bond acceptors (Lipinski definition) is 6. The van der Waals surface area contributed by atoms with Crippen molar-refractivity contribution in [1.82, 2.24) is 9.55 Å². The Kier molecular flexibility index (Phi) is 9.27. The van der Waals surface area contributed by atoms with Crippen LogP contribution >= 0.6 is 12.2 Å². The molecule has 0 atom stereocenters. The normalized spacial score (nSPS) is 17.5. The van der Waals surface area contributed by atoms with Gasteiger partial charge in [-0.25, -0.2) is 13.8 Å². The molecule has 1 aliphatic carbocycles. The minimum Gasteiger partial charge on any atom is -0.450 e. The van der Waals surface area contributed by atoms with Crippen molar-refractivity contribution < 1.29 is 41.3 Å². The van der Waals surface area contributed by atoms with Crippen LogP contribution in [0.15, 0.2) is 30.6 Å². The highest BCUT2D eigenvalue weighted by atomic mass is 32.1. The summed E-state index contributed by atoms with van der Waals surface area (Å²) < 4.78 is 91.8. The highest BCUT2D eigenvalue weighted by Gasteiger charge is 2.65. The second-order valence-corrected chi connectivity index (χ2v) is 19.5. The van der Waals surface area contributed by atoms with Gasteiger partial charge in [-0.15, -0.1) is 0 Å². The Hall–Kier alpha value is -2.45. The second-order valence-electron chi connectivity index (χ2n) is 13.3. The van der Waals surface area contributed by atoms with Gasteiger partial charge in [-0.05, 0) is 65.9 Å². The van der Waals surface area contributed by atoms with Crippen molar-refractivity contribution in [3.05, 3.63) is 53.4 Å². The molecule has 240 valence electrons. The quantitative estimate of drug-likeness (QED) is 0.0830. The standard InChI is InChI=1S/C31H37F5N2O4SSi/c1-44(2,3)11-10-40-19-38-15-22(30(7-8-30)31(34,35)36)26-25(5-9-37-28(26)38)42-27-23(32)13-20(14-24(27)33)12-21(43)4-6-29(16-39)17-41-18-29/h5,9,13-15,39H,4,6-8,10-12,16-19H2,1-3H3. The number of aliphatic hydroxyl groups is 1. The first-order chi connectivity index (χ1) is 20.7. The van der Waals surface area contributed by atoms with Crippen LogP contribution < -0.4 is 4.74 Å². The van der Waals surface area contributed by atoms with Crippen LogP contribution in [-0.2, 0) is 28.0 Å². The van der Waals surface area contributed by atoms with Crippen molar-refractivity contribution in [2.24, 2.45) is 5.41 Å². The summed E-state index contributed by atoms with van der Waals surface area (Å²) in [6.45, 7) is 7.90. The van der Waals surface area contributed by atoms with Crippen LogP contribution in [0.1, 0.15) is 36.8 Å². The summed E-state index contributed by atoms with van der Waals surface area (Å²) in [6.07, 6.45) is -0.792. The maximum Gasteiger partial charge on any atom is 0.398 e. The molecule has 1 N–H and O–H groups in total. The van der Waals surface area contributed by atoms with E-state index >= 15 is 8.78 Å². The number of rotatable bonds is 14. The molecule has 1 saturated carbocycles. The zero-order valence-corrected chi connectivity index (χ0v) is 26.8. The average Bonchev–Trinajstić information content (AvgIpc) is 3.65. The van der Waals surface area contributed by atoms with Gasteiger partial charge in [-0.2, -0.15) is 13.2 Å². The molecule has 0 radical (unpaired) electrons. The fraction of sp³-hybridized carbons (Fsp3) is 0.548. The number of alkyl halides is 3. The molecule has 0 bridgehead atoms. The van der Waals surface area contributed by atoms with Gasteiger partial charge in [0.15, 0.2) is 17.4 Å². The fourth-order valence-corrected chi connectivity index (χ4v) is 6.48. The van der Waals surface area contributed by atoms with Gasteiger partial charge in [0.1, 0.15) is 18.1 Å². The predicted molar refractivity (Wildman–Crippen MR) is 163 cm³/mol. The van der Waals surface area contributed by atoms with Gasteiger partial charge in [0.2, 0.25) is 0 Å². The van der Waals surface area contributed by atoms with E-state index in [2.05, 4.69) is 24.6 Å². The SMILES string of the molecule is C[Si](C)(C)CCOCn1cc(C2(C(F)(F)F)CC2)c2c(Oc3c(F)cc(CC(=S)CCC4(CO)COC4)cc3F)ccnc21. The number of nitrogens with zero attached hydrogens (tertiary/aromatic N) is 2. The van der Waals surface area contributed by atoms with Gasteiger partial charge in [0, 0.05) is 38.9 Å². The van der Waals surface area contributed by atoms with Crippen LogP contribution in [0.4, 0.5) is 22.0 Å². The van der Waals surface area contributed by atoms with Gasteiger partial charge >= 0.3 is 6.18 Å². The lowest BCUT2D eigenvalue weighted by Crippen LogP contribution is -2.45. The largest absolute Gasteiger partial charge is 0.450 e. The minimum absolute atomic E-state index is 0.0187. The van der Waals surface area contributed by atoms with Crippen molar-refractivity contribution in [1.29, 1.82) is 0 Å². The molecular weight excluding hydrogens is 619 g/mol. The summed E-state index contributed by atoms with van der Waals surface area (Å²) in [5.41, 5.74) is -1.97. The molecule has 1 aromatic carbocycles. The highest BCUT2D eigenvalue weighted by Crippen LogP contribution is 2.61. The van der Waals surface area contributed by atoms with Crippen LogP contribution in [-0.4, -0.2) is 60.2 Å². The zero-order chi connectivity index (χ0) is 31.9. The lowest BCUT2D eigenvalue weighted by atomic mass is 9.81. The molecule has 3 aromatic rings. The van der Waals surface area contributed by atoms with Crippen molar-refractivity contribution >= 4 is 36.2 Å². The molecule has 2 aliphatic rings. The summed E-state index contributed by atoms with van der Waals surface area (Å²) in [4.78, 5) is 4.89. The third kappa shape index (κ3) is 6.86. The van der Waals surface area contributed by atoms with E-state index in [9.17, 15) is 18.3 Å². The molecule has 0 unspecified atom stereocenters. The van der Waals surface area contributed by atoms with Crippen molar-refractivity contribution in [2.45, 2.75) is 76.1 Å². The van der Waals surface area contributed by atoms with Crippen molar-refractivity contribution in [3.8, 4) is 11.5 Å². The van der Waals surface area contributed by atoms with Crippen LogP contribution in [0.3, 0.4) is 0 Å². The zero-order valence-electron chi connectivity index (χ0n) is 25.0. The Morgan fingerprint density at radius 2 is 1.84 bits per heavy atom. The van der Waals surface area contributed by atoms with Crippen LogP contribution in [0.2, 0.25) is 25.7 Å². The van der Waals surface area contributed by atoms with Gasteiger partial charge in [0.05, 0.1) is 30.6 Å². The summed E-state index contributed by atoms with van der Waals surface area (Å²) in [6, 6.07) is 4.44. The van der Waals surface area contributed by atoms with Gasteiger partial charge < -0.3 is 23.9 Å². The van der Waals surface area contributed by atoms with Gasteiger partial charge in [-0.1, -0.05) is 31.9 Å². The lowest BCUT2D eigenvalue weighted by Gasteiger charge is -2.40. The molecule has 3 heterocycles. The van der Waals surface area contributed by atoms with Crippen molar-refractivity contribution in [2.75, 3.05) is 26.4 Å². The number of ether oxygens (including phenoxy) is 3. The Bertz CT molecular complexity index is 1500. The van der Waals surface area contributed by atoms with E-state index in [0.717, 1.165) is 18.2 Å². The molecule has 2 aromatic heterocycles. The predicted octanol–water partition coefficient (Wildman–Crippen LogP) is 7.71. The third-order valence-electron chi connectivity index (χ3n) is 8.51. The number of halogens is 5. The maximum atomic E-state index is 15.3. The molecular formula is C31H37F5N2O4SSi. The van der Waals surface area contributed by atoms with E-state index in [-0.39, 0.29) is 60.4 Å². The van der Waals surface area contributed by atoms with E-state index in [1.165, 1.54) is 23.0 Å². The number of pyridine rings is 1. The molecule has 0 amide bonds. The lowest BCUT2D eigenvalue weighted by molar-refractivity contribution is -0.160. The molecule has 44 heavy (non-hydrogen) atoms. The molecule has 2 fully saturated rings. The van der Waals surface area contributed by atoms with Gasteiger partial charge in [-0.3, -0.25) is 0 Å². The maximum absolute atomic E-state index is 15.3. The number of thiocarbonyl (C=S) groups is 1. The summed E-state index contributed by atoms with van der Waals surface area (Å²) >= 11 is 5.44. The highest BCUT2D eigenvalue weighted by molar-refractivity contribution is 7.80. The molecule has 13 heteroatoms. The monoisotopic (exact) mass is 656 g/mol. The summed E-state index contributed by atoms with van der Waals surface area (Å²) in [5, 5.41) is 9.66. The Balaban J connectivity index is 1.40. The van der Waals surface area contributed by atoms with E-state index in [4.69, 9.17) is 26.4 Å². The van der Waals surface area contributed by atoms with Crippen LogP contribution in [0.5, 0.6) is 11.5 Å². The molecule has 5 rings (SSSR count). The Morgan fingerprint density at radius 3 is 2.39 bits per heavy atom. The number of aromatic nitrogens is 2. The number of benzene rings is 1. The Labute approximate surface area is 259 Å². The Morgan fingerprint density at radius 1 is 1.16 bits per heavy atom. The third-order valence-corrected chi connectivity index (χ3v) is 10.6. The smallest absolute Gasteiger partial charge is 0.398 e. The molecule has 0 spiro atoms. The average molecular weight is 657 g/mol. The minimum atomic E-state index is -4.53. The first-order valence-corrected chi connectivity index (χ1v) is 18.8.